The van der Waals surface area contributed by atoms with E-state index in [9.17, 15) is 18.4 Å². The Kier molecular flexibility index (Phi) is 6.70. The Hall–Kier alpha value is -3.16. The molecule has 1 unspecified atom stereocenters. The van der Waals surface area contributed by atoms with Crippen LogP contribution in [0.4, 0.5) is 19.3 Å². The predicted octanol–water partition coefficient (Wildman–Crippen LogP) is 4.27. The number of anilines is 1. The molecule has 144 valence electrons. The van der Waals surface area contributed by atoms with Crippen LogP contribution in [0.3, 0.4) is 0 Å². The molecule has 2 aromatic rings. The number of hydrogen-bond donors (Lipinski definition) is 2. The van der Waals surface area contributed by atoms with E-state index in [1.807, 2.05) is 0 Å². The minimum Gasteiger partial charge on any atom is -0.465 e. The average molecular weight is 378 g/mol. The minimum atomic E-state index is -2.92. The molecule has 0 bridgehead atoms. The van der Waals surface area contributed by atoms with E-state index in [0.717, 1.165) is 5.56 Å². The highest BCUT2D eigenvalue weighted by molar-refractivity contribution is 5.94. The van der Waals surface area contributed by atoms with Crippen molar-refractivity contribution >= 4 is 17.7 Å². The fourth-order valence-electron chi connectivity index (χ4n) is 2.40. The van der Waals surface area contributed by atoms with E-state index < -0.39 is 24.7 Å². The molecular formula is C19H20F2N2O4. The van der Waals surface area contributed by atoms with Crippen LogP contribution in [0.5, 0.6) is 5.75 Å². The van der Waals surface area contributed by atoms with E-state index in [0.29, 0.717) is 16.8 Å². The van der Waals surface area contributed by atoms with Crippen molar-refractivity contribution in [1.29, 1.82) is 0 Å². The molecule has 1 atom stereocenters. The lowest BCUT2D eigenvalue weighted by Crippen LogP contribution is -2.31. The number of ether oxygens (including phenoxy) is 2. The van der Waals surface area contributed by atoms with Gasteiger partial charge in [-0.3, -0.25) is 0 Å². The molecule has 0 aliphatic heterocycles. The van der Waals surface area contributed by atoms with Gasteiger partial charge in [-0.15, -0.1) is 0 Å². The van der Waals surface area contributed by atoms with Gasteiger partial charge in [-0.25, -0.2) is 9.59 Å². The number of alkyl halides is 2. The van der Waals surface area contributed by atoms with Gasteiger partial charge in [-0.05, 0) is 49.2 Å². The van der Waals surface area contributed by atoms with E-state index in [1.54, 1.807) is 38.1 Å². The molecular weight excluding hydrogens is 358 g/mol. The summed E-state index contributed by atoms with van der Waals surface area (Å²) in [6, 6.07) is 9.92. The molecule has 27 heavy (non-hydrogen) atoms. The van der Waals surface area contributed by atoms with Crippen molar-refractivity contribution in [2.45, 2.75) is 26.5 Å². The number of halogens is 2. The molecule has 0 fully saturated rings. The lowest BCUT2D eigenvalue weighted by atomic mass is 10.1. The second-order valence-electron chi connectivity index (χ2n) is 5.79. The van der Waals surface area contributed by atoms with Crippen LogP contribution in [0, 0.1) is 6.92 Å². The summed E-state index contributed by atoms with van der Waals surface area (Å²) in [4.78, 5) is 23.9. The number of carbonyl (C=O) groups excluding carboxylic acids is 2. The minimum absolute atomic E-state index is 0.0122. The molecule has 0 spiro atoms. The van der Waals surface area contributed by atoms with Crippen LogP contribution in [-0.4, -0.2) is 25.7 Å². The first-order chi connectivity index (χ1) is 12.8. The van der Waals surface area contributed by atoms with Crippen molar-refractivity contribution in [3.8, 4) is 5.75 Å². The normalized spacial score (nSPS) is 11.6. The van der Waals surface area contributed by atoms with Gasteiger partial charge in [0.15, 0.2) is 0 Å². The van der Waals surface area contributed by atoms with Crippen molar-refractivity contribution in [2.75, 3.05) is 12.4 Å². The summed E-state index contributed by atoms with van der Waals surface area (Å²) in [5, 5.41) is 5.37. The monoisotopic (exact) mass is 378 g/mol. The third-order valence-corrected chi connectivity index (χ3v) is 3.84. The van der Waals surface area contributed by atoms with E-state index in [1.165, 1.54) is 25.3 Å². The standard InChI is InChI=1S/C19H20F2N2O4/c1-11-7-8-14(17(24)26-3)10-16(11)23-19(25)22-12(2)13-5-4-6-15(9-13)27-18(20)21/h4-10,12,18H,1-3H3,(H2,22,23,25). The van der Waals surface area contributed by atoms with Crippen LogP contribution in [0.1, 0.15) is 34.5 Å². The highest BCUT2D eigenvalue weighted by Gasteiger charge is 2.14. The first kappa shape index (κ1) is 20.2. The summed E-state index contributed by atoms with van der Waals surface area (Å²) in [7, 11) is 1.27. The Labute approximate surface area is 155 Å². The number of esters is 1. The maximum absolute atomic E-state index is 12.3. The summed E-state index contributed by atoms with van der Waals surface area (Å²) in [6.07, 6.45) is 0. The Bertz CT molecular complexity index is 827. The van der Waals surface area contributed by atoms with Crippen molar-refractivity contribution in [2.24, 2.45) is 0 Å². The SMILES string of the molecule is COC(=O)c1ccc(C)c(NC(=O)NC(C)c2cccc(OC(F)F)c2)c1. The van der Waals surface area contributed by atoms with Crippen LogP contribution in [0.25, 0.3) is 0 Å². The quantitative estimate of drug-likeness (QED) is 0.736. The fourth-order valence-corrected chi connectivity index (χ4v) is 2.40. The number of rotatable bonds is 6. The van der Waals surface area contributed by atoms with Crippen molar-refractivity contribution in [3.63, 3.8) is 0 Å². The summed E-state index contributed by atoms with van der Waals surface area (Å²) >= 11 is 0. The molecule has 0 aliphatic carbocycles. The van der Waals surface area contributed by atoms with E-state index in [4.69, 9.17) is 0 Å². The van der Waals surface area contributed by atoms with Gasteiger partial charge < -0.3 is 20.1 Å². The Morgan fingerprint density at radius 3 is 2.52 bits per heavy atom. The third kappa shape index (κ3) is 5.67. The van der Waals surface area contributed by atoms with Gasteiger partial charge >= 0.3 is 18.6 Å². The zero-order valence-electron chi connectivity index (χ0n) is 15.1. The molecule has 6 nitrogen and oxygen atoms in total. The van der Waals surface area contributed by atoms with Crippen LogP contribution in [0.2, 0.25) is 0 Å². The van der Waals surface area contributed by atoms with Gasteiger partial charge in [0.1, 0.15) is 5.75 Å². The average Bonchev–Trinajstić information content (AvgIpc) is 2.62. The lowest BCUT2D eigenvalue weighted by Gasteiger charge is -2.17. The Morgan fingerprint density at radius 2 is 1.85 bits per heavy atom. The number of nitrogens with one attached hydrogen (secondary N) is 2. The van der Waals surface area contributed by atoms with Gasteiger partial charge in [-0.1, -0.05) is 18.2 Å². The summed E-state index contributed by atoms with van der Waals surface area (Å²) in [6.45, 7) is 0.571. The molecule has 0 aliphatic rings. The molecule has 0 heterocycles. The first-order valence-electron chi connectivity index (χ1n) is 8.11. The molecule has 0 saturated carbocycles. The number of benzene rings is 2. The molecule has 2 rings (SSSR count). The predicted molar refractivity (Wildman–Crippen MR) is 96.2 cm³/mol. The van der Waals surface area contributed by atoms with Crippen LogP contribution in [0.15, 0.2) is 42.5 Å². The lowest BCUT2D eigenvalue weighted by molar-refractivity contribution is -0.0499. The van der Waals surface area contributed by atoms with Gasteiger partial charge in [0, 0.05) is 5.69 Å². The number of aryl methyl sites for hydroxylation is 1. The molecule has 2 aromatic carbocycles. The summed E-state index contributed by atoms with van der Waals surface area (Å²) < 4.78 is 33.7. The zero-order valence-corrected chi connectivity index (χ0v) is 15.1. The Morgan fingerprint density at radius 1 is 1.11 bits per heavy atom. The van der Waals surface area contributed by atoms with Gasteiger partial charge in [0.05, 0.1) is 18.7 Å². The van der Waals surface area contributed by atoms with Gasteiger partial charge in [0.25, 0.3) is 0 Å². The molecule has 0 aromatic heterocycles. The largest absolute Gasteiger partial charge is 0.465 e. The maximum atomic E-state index is 12.3. The molecule has 0 saturated heterocycles. The number of carbonyl (C=O) groups is 2. The van der Waals surface area contributed by atoms with Gasteiger partial charge in [-0.2, -0.15) is 8.78 Å². The van der Waals surface area contributed by atoms with Crippen LogP contribution < -0.4 is 15.4 Å². The van der Waals surface area contributed by atoms with E-state index >= 15 is 0 Å². The second-order valence-corrected chi connectivity index (χ2v) is 5.79. The van der Waals surface area contributed by atoms with E-state index in [2.05, 4.69) is 20.1 Å². The molecule has 2 N–H and O–H groups in total. The number of methoxy groups -OCH3 is 1. The number of amides is 2. The fraction of sp³-hybridized carbons (Fsp3) is 0.263. The highest BCUT2D eigenvalue weighted by atomic mass is 19.3. The smallest absolute Gasteiger partial charge is 0.387 e. The topological polar surface area (TPSA) is 76.7 Å². The Balaban J connectivity index is 2.06. The first-order valence-corrected chi connectivity index (χ1v) is 8.11. The zero-order chi connectivity index (χ0) is 20.0. The number of hydrogen-bond acceptors (Lipinski definition) is 4. The van der Waals surface area contributed by atoms with E-state index in [-0.39, 0.29) is 5.75 Å². The van der Waals surface area contributed by atoms with Gasteiger partial charge in [0.2, 0.25) is 0 Å². The van der Waals surface area contributed by atoms with Crippen molar-refractivity contribution in [1.82, 2.24) is 5.32 Å². The van der Waals surface area contributed by atoms with Crippen molar-refractivity contribution in [3.05, 3.63) is 59.2 Å². The third-order valence-electron chi connectivity index (χ3n) is 3.84. The van der Waals surface area contributed by atoms with Crippen molar-refractivity contribution < 1.29 is 27.8 Å². The maximum Gasteiger partial charge on any atom is 0.387 e. The van der Waals surface area contributed by atoms with Crippen LogP contribution in [-0.2, 0) is 4.74 Å². The number of urea groups is 1. The highest BCUT2D eigenvalue weighted by Crippen LogP contribution is 2.21. The van der Waals surface area contributed by atoms with Crippen LogP contribution >= 0.6 is 0 Å². The molecule has 8 heteroatoms. The molecule has 2 amide bonds. The summed E-state index contributed by atoms with van der Waals surface area (Å²) in [5.41, 5.74) is 2.13. The summed E-state index contributed by atoms with van der Waals surface area (Å²) in [5.74, 6) is -0.499. The molecule has 0 radical (unpaired) electrons. The second kappa shape index (κ2) is 8.98.